The Morgan fingerprint density at radius 2 is 1.88 bits per heavy atom. The van der Waals surface area contributed by atoms with Crippen LogP contribution in [0.4, 0.5) is 0 Å². The molecule has 0 aliphatic carbocycles. The first-order valence-corrected chi connectivity index (χ1v) is 8.90. The summed E-state index contributed by atoms with van der Waals surface area (Å²) in [7, 11) is 0. The molecule has 0 atom stereocenters. The number of thioether (sulfide) groups is 1. The third-order valence-electron chi connectivity index (χ3n) is 4.13. The topological polar surface area (TPSA) is 43.1 Å². The molecule has 0 amide bonds. The molecule has 120 valence electrons. The number of hydrogen-bond acceptors (Lipinski definition) is 4. The average Bonchev–Trinajstić information content (AvgIpc) is 2.98. The number of rotatable bonds is 3. The molecule has 3 heterocycles. The fourth-order valence-electron chi connectivity index (χ4n) is 3.15. The Morgan fingerprint density at radius 3 is 2.67 bits per heavy atom. The second-order valence-electron chi connectivity index (χ2n) is 6.10. The summed E-state index contributed by atoms with van der Waals surface area (Å²) in [5, 5.41) is 11.0. The van der Waals surface area contributed by atoms with E-state index in [2.05, 4.69) is 58.6 Å². The lowest BCUT2D eigenvalue weighted by atomic mass is 10.1. The lowest BCUT2D eigenvalue weighted by Gasteiger charge is -2.10. The van der Waals surface area contributed by atoms with Crippen molar-refractivity contribution < 1.29 is 0 Å². The maximum atomic E-state index is 4.43. The highest BCUT2D eigenvalue weighted by Gasteiger charge is 2.14. The lowest BCUT2D eigenvalue weighted by molar-refractivity contribution is 0.936. The van der Waals surface area contributed by atoms with E-state index in [0.29, 0.717) is 0 Å². The van der Waals surface area contributed by atoms with Gasteiger partial charge in [-0.1, -0.05) is 29.5 Å². The predicted molar refractivity (Wildman–Crippen MR) is 98.5 cm³/mol. The zero-order valence-corrected chi connectivity index (χ0v) is 14.8. The molecule has 0 spiro atoms. The van der Waals surface area contributed by atoms with Crippen LogP contribution in [0.2, 0.25) is 0 Å². The molecular weight excluding hydrogens is 316 g/mol. The molecule has 4 rings (SSSR count). The number of benzene rings is 1. The van der Waals surface area contributed by atoms with Crippen LogP contribution in [-0.2, 0) is 5.75 Å². The van der Waals surface area contributed by atoms with E-state index in [9.17, 15) is 0 Å². The van der Waals surface area contributed by atoms with E-state index in [-0.39, 0.29) is 0 Å². The highest BCUT2D eigenvalue weighted by Crippen LogP contribution is 2.29. The van der Waals surface area contributed by atoms with E-state index in [1.807, 2.05) is 24.4 Å². The molecule has 0 aliphatic rings. The van der Waals surface area contributed by atoms with Crippen LogP contribution >= 0.6 is 11.8 Å². The summed E-state index contributed by atoms with van der Waals surface area (Å²) in [5.74, 6) is 0.780. The summed E-state index contributed by atoms with van der Waals surface area (Å²) >= 11 is 1.67. The summed E-state index contributed by atoms with van der Waals surface area (Å²) < 4.78 is 2.19. The smallest absolute Gasteiger partial charge is 0.196 e. The van der Waals surface area contributed by atoms with Crippen molar-refractivity contribution in [2.24, 2.45) is 0 Å². The van der Waals surface area contributed by atoms with Crippen LogP contribution in [0.1, 0.15) is 22.4 Å². The molecule has 0 unspecified atom stereocenters. The highest BCUT2D eigenvalue weighted by atomic mass is 32.2. The van der Waals surface area contributed by atoms with Crippen LogP contribution in [0.25, 0.3) is 16.6 Å². The zero-order chi connectivity index (χ0) is 16.7. The van der Waals surface area contributed by atoms with Crippen molar-refractivity contribution in [1.82, 2.24) is 19.6 Å². The lowest BCUT2D eigenvalue weighted by Crippen LogP contribution is -1.97. The third-order valence-corrected chi connectivity index (χ3v) is 5.09. The standard InChI is InChI=1S/C19H18N4S/c1-12-8-13(2)17-15(9-12)10-14(3)18-21-22-19(23(17)18)24-11-16-6-4-5-7-20-16/h4-10H,11H2,1-3H3. The molecule has 24 heavy (non-hydrogen) atoms. The third kappa shape index (κ3) is 2.55. The molecule has 5 heteroatoms. The van der Waals surface area contributed by atoms with Crippen molar-refractivity contribution in [3.05, 3.63) is 65.0 Å². The van der Waals surface area contributed by atoms with Crippen molar-refractivity contribution in [2.75, 3.05) is 0 Å². The average molecular weight is 334 g/mol. The van der Waals surface area contributed by atoms with Gasteiger partial charge in [-0.05, 0) is 61.5 Å². The van der Waals surface area contributed by atoms with E-state index in [1.165, 1.54) is 22.0 Å². The van der Waals surface area contributed by atoms with E-state index >= 15 is 0 Å². The quantitative estimate of drug-likeness (QED) is 0.518. The van der Waals surface area contributed by atoms with Crippen LogP contribution in [0.15, 0.2) is 47.8 Å². The number of fused-ring (bicyclic) bond motifs is 3. The van der Waals surface area contributed by atoms with Gasteiger partial charge in [0.1, 0.15) is 0 Å². The second kappa shape index (κ2) is 5.91. The number of nitrogens with zero attached hydrogens (tertiary/aromatic N) is 4. The Hall–Kier alpha value is -2.40. The van der Waals surface area contributed by atoms with Gasteiger partial charge in [0, 0.05) is 11.9 Å². The Balaban J connectivity index is 1.87. The van der Waals surface area contributed by atoms with Crippen LogP contribution < -0.4 is 0 Å². The van der Waals surface area contributed by atoms with Gasteiger partial charge in [0.05, 0.1) is 11.2 Å². The normalized spacial score (nSPS) is 11.5. The van der Waals surface area contributed by atoms with Crippen molar-refractivity contribution in [3.63, 3.8) is 0 Å². The van der Waals surface area contributed by atoms with Crippen LogP contribution in [0.3, 0.4) is 0 Å². The largest absolute Gasteiger partial charge is 0.269 e. The first-order chi connectivity index (χ1) is 11.6. The van der Waals surface area contributed by atoms with E-state index in [1.54, 1.807) is 11.8 Å². The number of pyridine rings is 2. The maximum absolute atomic E-state index is 4.43. The highest BCUT2D eigenvalue weighted by molar-refractivity contribution is 7.98. The van der Waals surface area contributed by atoms with Gasteiger partial charge in [-0.25, -0.2) is 0 Å². The van der Waals surface area contributed by atoms with Crippen molar-refractivity contribution in [3.8, 4) is 0 Å². The fraction of sp³-hybridized carbons (Fsp3) is 0.211. The van der Waals surface area contributed by atoms with Gasteiger partial charge in [0.15, 0.2) is 10.8 Å². The fourth-order valence-corrected chi connectivity index (χ4v) is 4.00. The molecule has 1 aromatic carbocycles. The van der Waals surface area contributed by atoms with Gasteiger partial charge in [0.2, 0.25) is 0 Å². The molecule has 0 radical (unpaired) electrons. The minimum atomic E-state index is 0.780. The van der Waals surface area contributed by atoms with Crippen LogP contribution in [-0.4, -0.2) is 19.6 Å². The SMILES string of the molecule is Cc1cc(C)c2c(c1)cc(C)c1nnc(SCc3ccccn3)n12. The van der Waals surface area contributed by atoms with Gasteiger partial charge in [-0.15, -0.1) is 10.2 Å². The molecule has 0 saturated heterocycles. The predicted octanol–water partition coefficient (Wildman–Crippen LogP) is 4.50. The van der Waals surface area contributed by atoms with E-state index in [0.717, 1.165) is 27.8 Å². The monoisotopic (exact) mass is 334 g/mol. The van der Waals surface area contributed by atoms with Crippen molar-refractivity contribution >= 4 is 28.3 Å². The summed E-state index contributed by atoms with van der Waals surface area (Å²) in [6.07, 6.45) is 1.82. The summed E-state index contributed by atoms with van der Waals surface area (Å²) in [6, 6.07) is 12.6. The molecule has 4 aromatic rings. The van der Waals surface area contributed by atoms with Gasteiger partial charge in [0.25, 0.3) is 0 Å². The molecule has 0 N–H and O–H groups in total. The zero-order valence-electron chi connectivity index (χ0n) is 13.9. The molecule has 0 bridgehead atoms. The summed E-state index contributed by atoms with van der Waals surface area (Å²) in [5.41, 5.74) is 6.82. The molecule has 0 fully saturated rings. The molecule has 4 nitrogen and oxygen atoms in total. The molecule has 3 aromatic heterocycles. The molecular formula is C19H18N4S. The summed E-state index contributed by atoms with van der Waals surface area (Å²) in [4.78, 5) is 4.39. The number of aryl methyl sites for hydroxylation is 3. The Labute approximate surface area is 144 Å². The minimum absolute atomic E-state index is 0.780. The number of aromatic nitrogens is 4. The molecule has 0 aliphatic heterocycles. The van der Waals surface area contributed by atoms with Gasteiger partial charge >= 0.3 is 0 Å². The van der Waals surface area contributed by atoms with Gasteiger partial charge < -0.3 is 0 Å². The first kappa shape index (κ1) is 15.1. The minimum Gasteiger partial charge on any atom is -0.269 e. The second-order valence-corrected chi connectivity index (χ2v) is 7.04. The Morgan fingerprint density at radius 1 is 1.00 bits per heavy atom. The Bertz CT molecular complexity index is 1040. The van der Waals surface area contributed by atoms with Crippen molar-refractivity contribution in [1.29, 1.82) is 0 Å². The first-order valence-electron chi connectivity index (χ1n) is 7.92. The van der Waals surface area contributed by atoms with Crippen LogP contribution in [0.5, 0.6) is 0 Å². The van der Waals surface area contributed by atoms with Crippen molar-refractivity contribution in [2.45, 2.75) is 31.7 Å². The summed E-state index contributed by atoms with van der Waals surface area (Å²) in [6.45, 7) is 6.38. The van der Waals surface area contributed by atoms with Gasteiger partial charge in [-0.2, -0.15) is 0 Å². The van der Waals surface area contributed by atoms with Crippen LogP contribution in [0, 0.1) is 20.8 Å². The van der Waals surface area contributed by atoms with E-state index in [4.69, 9.17) is 0 Å². The number of hydrogen-bond donors (Lipinski definition) is 0. The van der Waals surface area contributed by atoms with E-state index < -0.39 is 0 Å². The Kier molecular flexibility index (Phi) is 3.73. The molecule has 0 saturated carbocycles. The van der Waals surface area contributed by atoms with Gasteiger partial charge in [-0.3, -0.25) is 9.38 Å². The maximum Gasteiger partial charge on any atom is 0.196 e.